The van der Waals surface area contributed by atoms with E-state index in [0.717, 1.165) is 89.9 Å². The third kappa shape index (κ3) is 32.1. The summed E-state index contributed by atoms with van der Waals surface area (Å²) in [4.78, 5) is 12.9. The standard InChI is InChI=1S/C53H91NO8/c1-3-5-7-9-11-12-13-14-15-16-17-18-19-20-21-22-23-24-25-26-27-28-29-30-31-32-33-34-35-36-37-39-41-43-49(57)54-46(47(56)42-40-38-10-8-6-4-2)45-61-53-52(60)51(59)50(58)48(44-55)62-53/h5,7,11-12,14-15,17-18,20-21,23-24,26-27,46-48,50-53,55-56,58-60H,3-4,6,8-10,13,16,19,22,25,28-45H2,1-2H3,(H,54,57)/b7-5-,12-11-,15-14-,18-17-,21-20-,24-23-,27-26-. The first-order valence-corrected chi connectivity index (χ1v) is 24.8. The van der Waals surface area contributed by atoms with Crippen molar-refractivity contribution in [1.82, 2.24) is 5.32 Å². The molecule has 1 aliphatic heterocycles. The minimum absolute atomic E-state index is 0.145. The Morgan fingerprint density at radius 3 is 1.48 bits per heavy atom. The highest BCUT2D eigenvalue weighted by molar-refractivity contribution is 5.76. The van der Waals surface area contributed by atoms with E-state index in [4.69, 9.17) is 9.47 Å². The van der Waals surface area contributed by atoms with Crippen molar-refractivity contribution in [1.29, 1.82) is 0 Å². The van der Waals surface area contributed by atoms with Crippen LogP contribution >= 0.6 is 0 Å². The molecule has 0 bridgehead atoms. The Labute approximate surface area is 378 Å². The van der Waals surface area contributed by atoms with Gasteiger partial charge in [-0.2, -0.15) is 0 Å². The number of nitrogens with one attached hydrogen (secondary N) is 1. The van der Waals surface area contributed by atoms with Crippen LogP contribution in [0.1, 0.15) is 187 Å². The summed E-state index contributed by atoms with van der Waals surface area (Å²) in [6.45, 7) is 3.63. The highest BCUT2D eigenvalue weighted by Gasteiger charge is 2.44. The van der Waals surface area contributed by atoms with Gasteiger partial charge in [-0.15, -0.1) is 0 Å². The summed E-state index contributed by atoms with van der Waals surface area (Å²) >= 11 is 0. The molecule has 0 saturated carbocycles. The van der Waals surface area contributed by atoms with Crippen LogP contribution in [0.4, 0.5) is 0 Å². The SMILES string of the molecule is CC/C=C\C/C=C\C/C=C\C/C=C\C/C=C\C/C=C\C/C=C\CCCCCCCCCCCCCC(=O)NC(COC1OC(CO)C(O)C(O)C1O)C(O)CCCCCCCC. The average Bonchev–Trinajstić information content (AvgIpc) is 3.27. The zero-order chi connectivity index (χ0) is 45.1. The Hall–Kier alpha value is -2.63. The number of allylic oxidation sites excluding steroid dienone is 14. The summed E-state index contributed by atoms with van der Waals surface area (Å²) in [5, 5.41) is 54.0. The van der Waals surface area contributed by atoms with E-state index >= 15 is 0 Å². The molecular formula is C53H91NO8. The summed E-state index contributed by atoms with van der Waals surface area (Å²) in [5.74, 6) is -0.158. The smallest absolute Gasteiger partial charge is 0.220 e. The van der Waals surface area contributed by atoms with Crippen molar-refractivity contribution in [3.63, 3.8) is 0 Å². The zero-order valence-electron chi connectivity index (χ0n) is 39.1. The molecular weight excluding hydrogens is 779 g/mol. The molecule has 7 atom stereocenters. The molecule has 0 radical (unpaired) electrons. The Bertz CT molecular complexity index is 1240. The number of unbranched alkanes of at least 4 members (excludes halogenated alkanes) is 16. The molecule has 0 aromatic rings. The number of rotatable bonds is 40. The Morgan fingerprint density at radius 2 is 1.00 bits per heavy atom. The van der Waals surface area contributed by atoms with Gasteiger partial charge in [-0.3, -0.25) is 4.79 Å². The van der Waals surface area contributed by atoms with Crippen LogP contribution in [0.2, 0.25) is 0 Å². The predicted octanol–water partition coefficient (Wildman–Crippen LogP) is 11.1. The number of aliphatic hydroxyl groups excluding tert-OH is 5. The molecule has 0 aromatic heterocycles. The van der Waals surface area contributed by atoms with Crippen LogP contribution < -0.4 is 5.32 Å². The maximum absolute atomic E-state index is 12.9. The Balaban J connectivity index is 2.10. The summed E-state index contributed by atoms with van der Waals surface area (Å²) in [7, 11) is 0. The molecule has 1 rings (SSSR count). The molecule has 356 valence electrons. The maximum Gasteiger partial charge on any atom is 0.220 e. The second kappa shape index (κ2) is 42.3. The fourth-order valence-electron chi connectivity index (χ4n) is 7.32. The lowest BCUT2D eigenvalue weighted by atomic mass is 9.99. The number of amides is 1. The van der Waals surface area contributed by atoms with E-state index in [1.807, 2.05) is 0 Å². The van der Waals surface area contributed by atoms with Gasteiger partial charge in [0.15, 0.2) is 6.29 Å². The maximum atomic E-state index is 12.9. The molecule has 0 aliphatic carbocycles. The number of ether oxygens (including phenoxy) is 2. The first-order valence-electron chi connectivity index (χ1n) is 24.8. The number of carbonyl (C=O) groups excluding carboxylic acids is 1. The summed E-state index contributed by atoms with van der Waals surface area (Å²) < 4.78 is 11.2. The normalized spacial score (nSPS) is 21.0. The highest BCUT2D eigenvalue weighted by Crippen LogP contribution is 2.23. The molecule has 62 heavy (non-hydrogen) atoms. The number of hydrogen-bond donors (Lipinski definition) is 6. The number of hydrogen-bond acceptors (Lipinski definition) is 8. The number of aliphatic hydroxyl groups is 5. The van der Waals surface area contributed by atoms with Crippen molar-refractivity contribution in [3.05, 3.63) is 85.1 Å². The zero-order valence-corrected chi connectivity index (χ0v) is 39.1. The van der Waals surface area contributed by atoms with Crippen LogP contribution in [0.3, 0.4) is 0 Å². The predicted molar refractivity (Wildman–Crippen MR) is 258 cm³/mol. The minimum atomic E-state index is -1.55. The second-order valence-electron chi connectivity index (χ2n) is 16.9. The summed E-state index contributed by atoms with van der Waals surface area (Å²) in [5.41, 5.74) is 0. The van der Waals surface area contributed by atoms with E-state index in [0.29, 0.717) is 12.8 Å². The topological polar surface area (TPSA) is 149 Å². The van der Waals surface area contributed by atoms with Crippen LogP contribution in [-0.2, 0) is 14.3 Å². The van der Waals surface area contributed by atoms with E-state index in [1.54, 1.807) is 0 Å². The Kier molecular flexibility index (Phi) is 39.2. The third-order valence-corrected chi connectivity index (χ3v) is 11.3. The van der Waals surface area contributed by atoms with Gasteiger partial charge in [0.05, 0.1) is 25.4 Å². The first-order chi connectivity index (χ1) is 30.3. The second-order valence-corrected chi connectivity index (χ2v) is 16.9. The van der Waals surface area contributed by atoms with Gasteiger partial charge in [0, 0.05) is 6.42 Å². The van der Waals surface area contributed by atoms with Crippen LogP contribution in [-0.4, -0.2) is 87.5 Å². The molecule has 1 fully saturated rings. The average molecular weight is 870 g/mol. The monoisotopic (exact) mass is 870 g/mol. The van der Waals surface area contributed by atoms with Crippen molar-refractivity contribution in [2.75, 3.05) is 13.2 Å². The lowest BCUT2D eigenvalue weighted by molar-refractivity contribution is -0.302. The van der Waals surface area contributed by atoms with Gasteiger partial charge in [-0.05, 0) is 70.6 Å². The molecule has 1 amide bonds. The quantitative estimate of drug-likeness (QED) is 0.0263. The Morgan fingerprint density at radius 1 is 0.565 bits per heavy atom. The van der Waals surface area contributed by atoms with Crippen molar-refractivity contribution in [3.8, 4) is 0 Å². The van der Waals surface area contributed by atoms with Gasteiger partial charge in [0.1, 0.15) is 24.4 Å². The van der Waals surface area contributed by atoms with Gasteiger partial charge >= 0.3 is 0 Å². The van der Waals surface area contributed by atoms with Crippen LogP contribution in [0.25, 0.3) is 0 Å². The van der Waals surface area contributed by atoms with Crippen molar-refractivity contribution in [2.24, 2.45) is 0 Å². The molecule has 0 aromatic carbocycles. The molecule has 6 N–H and O–H groups in total. The van der Waals surface area contributed by atoms with E-state index < -0.39 is 49.5 Å². The van der Waals surface area contributed by atoms with Crippen LogP contribution in [0.5, 0.6) is 0 Å². The lowest BCUT2D eigenvalue weighted by Crippen LogP contribution is -2.60. The van der Waals surface area contributed by atoms with Crippen molar-refractivity contribution < 1.29 is 39.8 Å². The van der Waals surface area contributed by atoms with Crippen LogP contribution in [0, 0.1) is 0 Å². The van der Waals surface area contributed by atoms with E-state index in [2.05, 4.69) is 104 Å². The van der Waals surface area contributed by atoms with E-state index in [9.17, 15) is 30.3 Å². The van der Waals surface area contributed by atoms with E-state index in [1.165, 1.54) is 70.6 Å². The van der Waals surface area contributed by atoms with Crippen molar-refractivity contribution in [2.45, 2.75) is 230 Å². The molecule has 7 unspecified atom stereocenters. The summed E-state index contributed by atoms with van der Waals surface area (Å²) in [6, 6.07) is -0.721. The van der Waals surface area contributed by atoms with Gasteiger partial charge in [0.25, 0.3) is 0 Å². The van der Waals surface area contributed by atoms with Crippen LogP contribution in [0.15, 0.2) is 85.1 Å². The molecule has 1 saturated heterocycles. The number of carbonyl (C=O) groups is 1. The fourth-order valence-corrected chi connectivity index (χ4v) is 7.32. The minimum Gasteiger partial charge on any atom is -0.394 e. The van der Waals surface area contributed by atoms with Gasteiger partial charge in [-0.25, -0.2) is 0 Å². The van der Waals surface area contributed by atoms with Gasteiger partial charge < -0.3 is 40.3 Å². The lowest BCUT2D eigenvalue weighted by Gasteiger charge is -2.40. The highest BCUT2D eigenvalue weighted by atomic mass is 16.7. The van der Waals surface area contributed by atoms with Gasteiger partial charge in [-0.1, -0.05) is 195 Å². The molecule has 1 aliphatic rings. The molecule has 1 heterocycles. The fraction of sp³-hybridized carbons (Fsp3) is 0.717. The molecule has 9 nitrogen and oxygen atoms in total. The van der Waals surface area contributed by atoms with E-state index in [-0.39, 0.29) is 12.5 Å². The molecule has 9 heteroatoms. The summed E-state index contributed by atoms with van der Waals surface area (Å²) in [6.07, 6.45) is 52.1. The van der Waals surface area contributed by atoms with Crippen molar-refractivity contribution >= 4 is 5.91 Å². The van der Waals surface area contributed by atoms with Gasteiger partial charge in [0.2, 0.25) is 5.91 Å². The largest absolute Gasteiger partial charge is 0.394 e. The third-order valence-electron chi connectivity index (χ3n) is 11.3. The molecule has 0 spiro atoms. The first kappa shape index (κ1) is 57.4.